The summed E-state index contributed by atoms with van der Waals surface area (Å²) in [4.78, 5) is 13.8. The van der Waals surface area contributed by atoms with Crippen LogP contribution in [0.1, 0.15) is 25.7 Å². The van der Waals surface area contributed by atoms with Gasteiger partial charge in [0.05, 0.1) is 12.6 Å². The monoisotopic (exact) mass is 212 g/mol. The van der Waals surface area contributed by atoms with Crippen molar-refractivity contribution in [2.75, 3.05) is 26.2 Å². The standard InChI is InChI=1S/C11H20N2O2/c14-8-10-2-1-5-13(10)11(15)6-9-3-4-12-7-9/h9-10,12,14H,1-8H2. The number of likely N-dealkylation sites (tertiary alicyclic amines) is 1. The van der Waals surface area contributed by atoms with Gasteiger partial charge in [-0.2, -0.15) is 0 Å². The molecule has 2 saturated heterocycles. The second-order valence-corrected chi connectivity index (χ2v) is 4.63. The van der Waals surface area contributed by atoms with Crippen LogP contribution in [0, 0.1) is 5.92 Å². The van der Waals surface area contributed by atoms with Gasteiger partial charge in [-0.05, 0) is 38.3 Å². The van der Waals surface area contributed by atoms with Gasteiger partial charge in [-0.3, -0.25) is 4.79 Å². The zero-order valence-electron chi connectivity index (χ0n) is 9.11. The summed E-state index contributed by atoms with van der Waals surface area (Å²) in [7, 11) is 0. The molecular formula is C11H20N2O2. The first-order valence-corrected chi connectivity index (χ1v) is 5.92. The number of carbonyl (C=O) groups excluding carboxylic acids is 1. The first-order chi connectivity index (χ1) is 7.31. The second kappa shape index (κ2) is 4.94. The molecule has 1 amide bonds. The maximum atomic E-state index is 12.0. The van der Waals surface area contributed by atoms with Gasteiger partial charge in [-0.1, -0.05) is 0 Å². The molecule has 2 unspecified atom stereocenters. The number of rotatable bonds is 3. The molecule has 4 nitrogen and oxygen atoms in total. The predicted molar refractivity (Wildman–Crippen MR) is 57.4 cm³/mol. The van der Waals surface area contributed by atoms with E-state index in [-0.39, 0.29) is 18.6 Å². The number of nitrogens with zero attached hydrogens (tertiary/aromatic N) is 1. The van der Waals surface area contributed by atoms with Gasteiger partial charge in [0.25, 0.3) is 0 Å². The van der Waals surface area contributed by atoms with E-state index in [2.05, 4.69) is 5.32 Å². The van der Waals surface area contributed by atoms with Gasteiger partial charge in [-0.25, -0.2) is 0 Å². The SMILES string of the molecule is O=C(CC1CCNC1)N1CCCC1CO. The van der Waals surface area contributed by atoms with Crippen molar-refractivity contribution in [1.29, 1.82) is 0 Å². The van der Waals surface area contributed by atoms with Gasteiger partial charge in [-0.15, -0.1) is 0 Å². The maximum Gasteiger partial charge on any atom is 0.223 e. The summed E-state index contributed by atoms with van der Waals surface area (Å²) >= 11 is 0. The van der Waals surface area contributed by atoms with Gasteiger partial charge in [0.15, 0.2) is 0 Å². The third-order valence-electron chi connectivity index (χ3n) is 3.53. The maximum absolute atomic E-state index is 12.0. The van der Waals surface area contributed by atoms with Crippen LogP contribution in [0.4, 0.5) is 0 Å². The lowest BCUT2D eigenvalue weighted by Gasteiger charge is -2.24. The summed E-state index contributed by atoms with van der Waals surface area (Å²) in [6.07, 6.45) is 3.78. The lowest BCUT2D eigenvalue weighted by Crippen LogP contribution is -2.38. The minimum absolute atomic E-state index is 0.0897. The fraction of sp³-hybridized carbons (Fsp3) is 0.909. The number of carbonyl (C=O) groups is 1. The van der Waals surface area contributed by atoms with Gasteiger partial charge in [0.1, 0.15) is 0 Å². The molecule has 0 saturated carbocycles. The molecule has 0 aromatic carbocycles. The van der Waals surface area contributed by atoms with Crippen molar-refractivity contribution in [3.05, 3.63) is 0 Å². The number of nitrogens with one attached hydrogen (secondary N) is 1. The molecule has 4 heteroatoms. The molecule has 0 aromatic heterocycles. The van der Waals surface area contributed by atoms with Gasteiger partial charge in [0.2, 0.25) is 5.91 Å². The van der Waals surface area contributed by atoms with Crippen molar-refractivity contribution >= 4 is 5.91 Å². The van der Waals surface area contributed by atoms with Crippen LogP contribution in [-0.4, -0.2) is 48.2 Å². The normalized spacial score (nSPS) is 31.1. The second-order valence-electron chi connectivity index (χ2n) is 4.63. The number of aliphatic hydroxyl groups excluding tert-OH is 1. The molecule has 15 heavy (non-hydrogen) atoms. The highest BCUT2D eigenvalue weighted by Crippen LogP contribution is 2.21. The molecule has 2 aliphatic heterocycles. The molecule has 2 rings (SSSR count). The Bertz CT molecular complexity index is 227. The van der Waals surface area contributed by atoms with Crippen molar-refractivity contribution in [1.82, 2.24) is 10.2 Å². The molecular weight excluding hydrogens is 192 g/mol. The van der Waals surface area contributed by atoms with Gasteiger partial charge >= 0.3 is 0 Å². The molecule has 2 aliphatic rings. The molecule has 0 spiro atoms. The third kappa shape index (κ3) is 2.49. The third-order valence-corrected chi connectivity index (χ3v) is 3.53. The average Bonchev–Trinajstić information content (AvgIpc) is 2.86. The molecule has 0 radical (unpaired) electrons. The van der Waals surface area contributed by atoms with E-state index in [0.29, 0.717) is 12.3 Å². The van der Waals surface area contributed by atoms with Crippen LogP contribution in [0.25, 0.3) is 0 Å². The summed E-state index contributed by atoms with van der Waals surface area (Å²) < 4.78 is 0. The lowest BCUT2D eigenvalue weighted by molar-refractivity contribution is -0.133. The summed E-state index contributed by atoms with van der Waals surface area (Å²) in [6, 6.07) is 0.0897. The molecule has 0 aliphatic carbocycles. The van der Waals surface area contributed by atoms with E-state index >= 15 is 0 Å². The summed E-state index contributed by atoms with van der Waals surface area (Å²) in [5.41, 5.74) is 0. The number of hydrogen-bond acceptors (Lipinski definition) is 3. The van der Waals surface area contributed by atoms with Gasteiger partial charge < -0.3 is 15.3 Å². The molecule has 0 bridgehead atoms. The highest BCUT2D eigenvalue weighted by molar-refractivity contribution is 5.77. The van der Waals surface area contributed by atoms with E-state index in [1.807, 2.05) is 4.90 Å². The minimum atomic E-state index is 0.0897. The van der Waals surface area contributed by atoms with Crippen LogP contribution in [0.3, 0.4) is 0 Å². The Kier molecular flexibility index (Phi) is 3.59. The minimum Gasteiger partial charge on any atom is -0.394 e. The Morgan fingerprint density at radius 1 is 1.47 bits per heavy atom. The zero-order chi connectivity index (χ0) is 10.7. The summed E-state index contributed by atoms with van der Waals surface area (Å²) in [5, 5.41) is 12.4. The molecule has 0 aromatic rings. The van der Waals surface area contributed by atoms with Crippen molar-refractivity contribution in [3.63, 3.8) is 0 Å². The Morgan fingerprint density at radius 3 is 3.00 bits per heavy atom. The summed E-state index contributed by atoms with van der Waals surface area (Å²) in [6.45, 7) is 2.98. The van der Waals surface area contributed by atoms with Gasteiger partial charge in [0, 0.05) is 13.0 Å². The van der Waals surface area contributed by atoms with Crippen molar-refractivity contribution in [3.8, 4) is 0 Å². The fourth-order valence-electron chi connectivity index (χ4n) is 2.61. The van der Waals surface area contributed by atoms with Crippen LogP contribution < -0.4 is 5.32 Å². The first kappa shape index (κ1) is 10.9. The Labute approximate surface area is 90.6 Å². The molecule has 2 fully saturated rings. The van der Waals surface area contributed by atoms with Crippen LogP contribution in [0.2, 0.25) is 0 Å². The topological polar surface area (TPSA) is 52.6 Å². The van der Waals surface area contributed by atoms with E-state index in [1.54, 1.807) is 0 Å². The largest absolute Gasteiger partial charge is 0.394 e. The van der Waals surface area contributed by atoms with E-state index < -0.39 is 0 Å². The van der Waals surface area contributed by atoms with Crippen molar-refractivity contribution in [2.45, 2.75) is 31.7 Å². The number of amides is 1. The molecule has 2 atom stereocenters. The smallest absolute Gasteiger partial charge is 0.223 e. The first-order valence-electron chi connectivity index (χ1n) is 5.92. The van der Waals surface area contributed by atoms with Crippen molar-refractivity contribution < 1.29 is 9.90 Å². The van der Waals surface area contributed by atoms with E-state index in [1.165, 1.54) is 0 Å². The number of aliphatic hydroxyl groups is 1. The molecule has 86 valence electrons. The van der Waals surface area contributed by atoms with E-state index in [0.717, 1.165) is 38.9 Å². The molecule has 2 heterocycles. The highest BCUT2D eigenvalue weighted by atomic mass is 16.3. The molecule has 2 N–H and O–H groups in total. The average molecular weight is 212 g/mol. The van der Waals surface area contributed by atoms with E-state index in [9.17, 15) is 4.79 Å². The Morgan fingerprint density at radius 2 is 2.33 bits per heavy atom. The Balaban J connectivity index is 1.83. The van der Waals surface area contributed by atoms with Crippen LogP contribution >= 0.6 is 0 Å². The van der Waals surface area contributed by atoms with Crippen LogP contribution in [0.5, 0.6) is 0 Å². The summed E-state index contributed by atoms with van der Waals surface area (Å²) in [5.74, 6) is 0.748. The van der Waals surface area contributed by atoms with E-state index in [4.69, 9.17) is 5.11 Å². The van der Waals surface area contributed by atoms with Crippen LogP contribution in [0.15, 0.2) is 0 Å². The lowest BCUT2D eigenvalue weighted by atomic mass is 10.0. The fourth-order valence-corrected chi connectivity index (χ4v) is 2.61. The zero-order valence-corrected chi connectivity index (χ0v) is 9.11. The predicted octanol–water partition coefficient (Wildman–Crippen LogP) is -0.0307. The van der Waals surface area contributed by atoms with Crippen LogP contribution in [-0.2, 0) is 4.79 Å². The quantitative estimate of drug-likeness (QED) is 0.690. The highest BCUT2D eigenvalue weighted by Gasteiger charge is 2.29. The number of hydrogen-bond donors (Lipinski definition) is 2. The van der Waals surface area contributed by atoms with Crippen molar-refractivity contribution in [2.24, 2.45) is 5.92 Å². The Hall–Kier alpha value is -0.610.